The standard InChI is InChI=1S/C21H24N4O2/c1-27-13-7-8-16-14-17(21(22)23-15-16)20(26)18-9-6-10-19(24-18)25-11-4-2-3-5-12-25/h6,9-10,14-15H,2-5,11-13H2,1H3,(H2,22,23). The van der Waals surface area contributed by atoms with Crippen molar-refractivity contribution in [1.29, 1.82) is 0 Å². The summed E-state index contributed by atoms with van der Waals surface area (Å²) < 4.78 is 4.91. The Morgan fingerprint density at radius 2 is 2.04 bits per heavy atom. The summed E-state index contributed by atoms with van der Waals surface area (Å²) >= 11 is 0. The van der Waals surface area contributed by atoms with Crippen molar-refractivity contribution >= 4 is 17.4 Å². The molecule has 0 aliphatic carbocycles. The number of nitrogens with two attached hydrogens (primary N) is 1. The maximum atomic E-state index is 13.0. The Labute approximate surface area is 159 Å². The fourth-order valence-corrected chi connectivity index (χ4v) is 3.10. The van der Waals surface area contributed by atoms with Crippen LogP contribution in [0.1, 0.15) is 47.3 Å². The molecule has 140 valence electrons. The molecule has 1 saturated heterocycles. The topological polar surface area (TPSA) is 81.3 Å². The van der Waals surface area contributed by atoms with Crippen LogP contribution in [-0.2, 0) is 4.74 Å². The lowest BCUT2D eigenvalue weighted by Gasteiger charge is -2.21. The van der Waals surface area contributed by atoms with Crippen LogP contribution in [0.15, 0.2) is 30.5 Å². The van der Waals surface area contributed by atoms with Gasteiger partial charge in [0.25, 0.3) is 0 Å². The van der Waals surface area contributed by atoms with Crippen molar-refractivity contribution in [2.24, 2.45) is 0 Å². The smallest absolute Gasteiger partial charge is 0.215 e. The Kier molecular flexibility index (Phi) is 6.39. The number of ether oxygens (including phenoxy) is 1. The van der Waals surface area contributed by atoms with Crippen molar-refractivity contribution in [2.45, 2.75) is 25.7 Å². The van der Waals surface area contributed by atoms with Crippen LogP contribution in [0.4, 0.5) is 11.6 Å². The molecule has 0 amide bonds. The van der Waals surface area contributed by atoms with Gasteiger partial charge in [-0.1, -0.05) is 30.7 Å². The average Bonchev–Trinajstić information content (AvgIpc) is 2.98. The first-order valence-corrected chi connectivity index (χ1v) is 9.19. The van der Waals surface area contributed by atoms with E-state index in [1.165, 1.54) is 12.8 Å². The number of anilines is 2. The normalized spacial score (nSPS) is 14.2. The third-order valence-electron chi connectivity index (χ3n) is 4.51. The molecule has 1 fully saturated rings. The molecule has 27 heavy (non-hydrogen) atoms. The zero-order chi connectivity index (χ0) is 19.1. The number of ketones is 1. The molecule has 0 atom stereocenters. The summed E-state index contributed by atoms with van der Waals surface area (Å²) in [7, 11) is 1.58. The molecule has 2 N–H and O–H groups in total. The van der Waals surface area contributed by atoms with Gasteiger partial charge in [-0.05, 0) is 31.0 Å². The molecule has 2 aromatic heterocycles. The summed E-state index contributed by atoms with van der Waals surface area (Å²) in [4.78, 5) is 23.9. The quantitative estimate of drug-likeness (QED) is 0.663. The predicted octanol–water partition coefficient (Wildman–Crippen LogP) is 2.67. The minimum absolute atomic E-state index is 0.180. The molecule has 3 heterocycles. The largest absolute Gasteiger partial charge is 0.383 e. The number of aromatic nitrogens is 2. The molecule has 0 aromatic carbocycles. The van der Waals surface area contributed by atoms with Gasteiger partial charge in [0.1, 0.15) is 23.9 Å². The van der Waals surface area contributed by atoms with Gasteiger partial charge in [-0.15, -0.1) is 0 Å². The summed E-state index contributed by atoms with van der Waals surface area (Å²) in [6.45, 7) is 2.25. The number of rotatable bonds is 4. The number of nitrogen functional groups attached to an aromatic ring is 1. The van der Waals surface area contributed by atoms with Crippen LogP contribution in [0, 0.1) is 11.8 Å². The van der Waals surface area contributed by atoms with Crippen LogP contribution in [0.5, 0.6) is 0 Å². The second-order valence-electron chi connectivity index (χ2n) is 6.50. The van der Waals surface area contributed by atoms with Crippen LogP contribution in [-0.4, -0.2) is 42.6 Å². The lowest BCUT2D eigenvalue weighted by atomic mass is 10.1. The van der Waals surface area contributed by atoms with E-state index in [2.05, 4.69) is 26.7 Å². The van der Waals surface area contributed by atoms with Crippen LogP contribution in [0.2, 0.25) is 0 Å². The van der Waals surface area contributed by atoms with Gasteiger partial charge in [0.15, 0.2) is 0 Å². The first-order chi connectivity index (χ1) is 13.2. The monoisotopic (exact) mass is 364 g/mol. The maximum Gasteiger partial charge on any atom is 0.215 e. The van der Waals surface area contributed by atoms with Crippen LogP contribution < -0.4 is 10.6 Å². The molecular formula is C21H24N4O2. The van der Waals surface area contributed by atoms with Gasteiger partial charge in [0.05, 0.1) is 5.56 Å². The summed E-state index contributed by atoms with van der Waals surface area (Å²) in [5.41, 5.74) is 7.25. The van der Waals surface area contributed by atoms with Gasteiger partial charge in [-0.3, -0.25) is 4.79 Å². The number of nitrogens with zero attached hydrogens (tertiary/aromatic N) is 3. The maximum absolute atomic E-state index is 13.0. The highest BCUT2D eigenvalue weighted by Crippen LogP contribution is 2.20. The Morgan fingerprint density at radius 3 is 2.78 bits per heavy atom. The van der Waals surface area contributed by atoms with Crippen molar-refractivity contribution < 1.29 is 9.53 Å². The summed E-state index contributed by atoms with van der Waals surface area (Å²) in [6, 6.07) is 7.20. The second kappa shape index (κ2) is 9.15. The lowest BCUT2D eigenvalue weighted by molar-refractivity contribution is 0.103. The number of carbonyl (C=O) groups excluding carboxylic acids is 1. The Hall–Kier alpha value is -2.91. The Balaban J connectivity index is 1.86. The summed E-state index contributed by atoms with van der Waals surface area (Å²) in [6.07, 6.45) is 6.34. The molecule has 1 aliphatic rings. The van der Waals surface area contributed by atoms with Crippen LogP contribution in [0.25, 0.3) is 0 Å². The minimum atomic E-state index is -0.243. The molecule has 6 nitrogen and oxygen atoms in total. The fraction of sp³-hybridized carbons (Fsp3) is 0.381. The van der Waals surface area contributed by atoms with E-state index in [1.807, 2.05) is 12.1 Å². The van der Waals surface area contributed by atoms with Crippen molar-refractivity contribution in [2.75, 3.05) is 37.4 Å². The minimum Gasteiger partial charge on any atom is -0.383 e. The van der Waals surface area contributed by atoms with E-state index in [9.17, 15) is 4.79 Å². The highest BCUT2D eigenvalue weighted by atomic mass is 16.5. The van der Waals surface area contributed by atoms with Crippen LogP contribution >= 0.6 is 0 Å². The van der Waals surface area contributed by atoms with Gasteiger partial charge in [-0.2, -0.15) is 0 Å². The van der Waals surface area contributed by atoms with E-state index in [-0.39, 0.29) is 11.6 Å². The molecule has 3 rings (SSSR count). The second-order valence-corrected chi connectivity index (χ2v) is 6.50. The van der Waals surface area contributed by atoms with Gasteiger partial charge < -0.3 is 15.4 Å². The number of hydrogen-bond acceptors (Lipinski definition) is 6. The van der Waals surface area contributed by atoms with Gasteiger partial charge in [0.2, 0.25) is 5.78 Å². The molecule has 0 spiro atoms. The first kappa shape index (κ1) is 18.9. The molecule has 0 radical (unpaired) electrons. The molecular weight excluding hydrogens is 340 g/mol. The molecule has 0 bridgehead atoms. The van der Waals surface area contributed by atoms with E-state index < -0.39 is 0 Å². The van der Waals surface area contributed by atoms with E-state index in [0.29, 0.717) is 23.4 Å². The van der Waals surface area contributed by atoms with Crippen LogP contribution in [0.3, 0.4) is 0 Å². The lowest BCUT2D eigenvalue weighted by Crippen LogP contribution is -2.25. The average molecular weight is 364 g/mol. The SMILES string of the molecule is COCC#Cc1cnc(N)c(C(=O)c2cccc(N3CCCCCC3)n2)c1. The number of pyridine rings is 2. The van der Waals surface area contributed by atoms with Crippen molar-refractivity contribution in [3.63, 3.8) is 0 Å². The zero-order valence-electron chi connectivity index (χ0n) is 15.6. The molecule has 1 aliphatic heterocycles. The fourth-order valence-electron chi connectivity index (χ4n) is 3.10. The number of hydrogen-bond donors (Lipinski definition) is 1. The summed E-state index contributed by atoms with van der Waals surface area (Å²) in [5, 5.41) is 0. The van der Waals surface area contributed by atoms with Gasteiger partial charge in [0, 0.05) is 32.0 Å². The number of carbonyl (C=O) groups is 1. The highest BCUT2D eigenvalue weighted by molar-refractivity contribution is 6.10. The van der Waals surface area contributed by atoms with Crippen molar-refractivity contribution in [1.82, 2.24) is 9.97 Å². The third-order valence-corrected chi connectivity index (χ3v) is 4.51. The van der Waals surface area contributed by atoms with Crippen molar-refractivity contribution in [3.05, 3.63) is 47.3 Å². The molecule has 0 saturated carbocycles. The predicted molar refractivity (Wildman–Crippen MR) is 106 cm³/mol. The van der Waals surface area contributed by atoms with Gasteiger partial charge >= 0.3 is 0 Å². The molecule has 2 aromatic rings. The van der Waals surface area contributed by atoms with E-state index in [0.717, 1.165) is 31.7 Å². The van der Waals surface area contributed by atoms with E-state index >= 15 is 0 Å². The van der Waals surface area contributed by atoms with E-state index in [1.54, 1.807) is 25.4 Å². The van der Waals surface area contributed by atoms with Gasteiger partial charge in [-0.25, -0.2) is 9.97 Å². The van der Waals surface area contributed by atoms with Crippen molar-refractivity contribution in [3.8, 4) is 11.8 Å². The number of methoxy groups -OCH3 is 1. The Bertz CT molecular complexity index is 862. The summed E-state index contributed by atoms with van der Waals surface area (Å²) in [5.74, 6) is 6.54. The van der Waals surface area contributed by atoms with E-state index in [4.69, 9.17) is 10.5 Å². The first-order valence-electron chi connectivity index (χ1n) is 9.19. The zero-order valence-corrected chi connectivity index (χ0v) is 15.6. The molecule has 0 unspecified atom stereocenters. The molecule has 6 heteroatoms. The Morgan fingerprint density at radius 1 is 1.26 bits per heavy atom. The highest BCUT2D eigenvalue weighted by Gasteiger charge is 2.18. The third kappa shape index (κ3) is 4.83.